The summed E-state index contributed by atoms with van der Waals surface area (Å²) in [5.41, 5.74) is 7.54. The van der Waals surface area contributed by atoms with Crippen molar-refractivity contribution in [3.05, 3.63) is 36.7 Å². The van der Waals surface area contributed by atoms with Gasteiger partial charge in [-0.15, -0.1) is 11.8 Å². The Balaban J connectivity index is 2.27. The summed E-state index contributed by atoms with van der Waals surface area (Å²) in [6.45, 7) is 2.14. The summed E-state index contributed by atoms with van der Waals surface area (Å²) < 4.78 is 0. The molecule has 2 rings (SSSR count). The third-order valence-corrected chi connectivity index (χ3v) is 3.04. The Kier molecular flexibility index (Phi) is 3.41. The van der Waals surface area contributed by atoms with Gasteiger partial charge in [-0.2, -0.15) is 0 Å². The molecule has 0 saturated heterocycles. The van der Waals surface area contributed by atoms with Gasteiger partial charge in [0, 0.05) is 16.5 Å². The topological polar surface area (TPSA) is 51.8 Å². The molecule has 0 amide bonds. The molecule has 0 bridgehead atoms. The van der Waals surface area contributed by atoms with Gasteiger partial charge >= 0.3 is 0 Å². The number of nitrogens with zero attached hydrogens (tertiary/aromatic N) is 2. The number of hydrogen-bond donors (Lipinski definition) is 1. The minimum absolute atomic E-state index is 0.497. The molecule has 1 aromatic heterocycles. The quantitative estimate of drug-likeness (QED) is 0.825. The highest BCUT2D eigenvalue weighted by Gasteiger charge is 2.00. The number of hydrogen-bond acceptors (Lipinski definition) is 4. The molecular formula is C12H13N3S. The molecule has 1 aromatic carbocycles. The number of anilines is 1. The van der Waals surface area contributed by atoms with Gasteiger partial charge in [0.25, 0.3) is 0 Å². The largest absolute Gasteiger partial charge is 0.384 e. The maximum atomic E-state index is 5.62. The van der Waals surface area contributed by atoms with Crippen LogP contribution in [0, 0.1) is 0 Å². The number of nitrogen functional groups attached to an aromatic ring is 1. The third-order valence-electron chi connectivity index (χ3n) is 2.15. The Bertz CT molecular complexity index is 468. The van der Waals surface area contributed by atoms with Gasteiger partial charge in [0.1, 0.15) is 12.1 Å². The van der Waals surface area contributed by atoms with E-state index in [1.807, 2.05) is 11.8 Å². The second-order valence-electron chi connectivity index (χ2n) is 3.29. The maximum absolute atomic E-state index is 5.62. The van der Waals surface area contributed by atoms with E-state index in [2.05, 4.69) is 41.2 Å². The normalized spacial score (nSPS) is 10.3. The molecule has 2 aromatic rings. The van der Waals surface area contributed by atoms with Crippen LogP contribution in [0.3, 0.4) is 0 Å². The van der Waals surface area contributed by atoms with Crippen molar-refractivity contribution in [3.63, 3.8) is 0 Å². The molecule has 0 fully saturated rings. The lowest BCUT2D eigenvalue weighted by Gasteiger charge is -2.03. The van der Waals surface area contributed by atoms with Gasteiger partial charge in [0.05, 0.1) is 5.69 Å². The van der Waals surface area contributed by atoms with Crippen LogP contribution in [0.25, 0.3) is 11.3 Å². The maximum Gasteiger partial charge on any atom is 0.127 e. The third kappa shape index (κ3) is 2.52. The lowest BCUT2D eigenvalue weighted by molar-refractivity contribution is 1.18. The first-order valence-corrected chi connectivity index (χ1v) is 6.09. The molecule has 4 heteroatoms. The van der Waals surface area contributed by atoms with E-state index in [4.69, 9.17) is 5.73 Å². The van der Waals surface area contributed by atoms with Crippen molar-refractivity contribution in [1.82, 2.24) is 9.97 Å². The molecule has 0 radical (unpaired) electrons. The summed E-state index contributed by atoms with van der Waals surface area (Å²) in [7, 11) is 0. The van der Waals surface area contributed by atoms with E-state index in [0.29, 0.717) is 5.82 Å². The molecule has 0 aliphatic carbocycles. The fourth-order valence-electron chi connectivity index (χ4n) is 1.42. The fourth-order valence-corrected chi connectivity index (χ4v) is 2.08. The van der Waals surface area contributed by atoms with Crippen LogP contribution in [0.2, 0.25) is 0 Å². The van der Waals surface area contributed by atoms with E-state index in [1.165, 1.54) is 11.2 Å². The molecule has 2 N–H and O–H groups in total. The van der Waals surface area contributed by atoms with Gasteiger partial charge in [-0.25, -0.2) is 9.97 Å². The zero-order chi connectivity index (χ0) is 11.4. The Morgan fingerprint density at radius 2 is 1.94 bits per heavy atom. The Hall–Kier alpha value is -1.55. The summed E-state index contributed by atoms with van der Waals surface area (Å²) in [4.78, 5) is 9.33. The average molecular weight is 231 g/mol. The number of benzene rings is 1. The van der Waals surface area contributed by atoms with Crippen molar-refractivity contribution in [2.45, 2.75) is 11.8 Å². The van der Waals surface area contributed by atoms with E-state index in [9.17, 15) is 0 Å². The second kappa shape index (κ2) is 4.99. The fraction of sp³-hybridized carbons (Fsp3) is 0.167. The van der Waals surface area contributed by atoms with Gasteiger partial charge in [-0.1, -0.05) is 19.1 Å². The van der Waals surface area contributed by atoms with Crippen molar-refractivity contribution < 1.29 is 0 Å². The van der Waals surface area contributed by atoms with Gasteiger partial charge in [0.15, 0.2) is 0 Å². The van der Waals surface area contributed by atoms with Crippen LogP contribution >= 0.6 is 11.8 Å². The summed E-state index contributed by atoms with van der Waals surface area (Å²) >= 11 is 1.82. The lowest BCUT2D eigenvalue weighted by atomic mass is 10.1. The van der Waals surface area contributed by atoms with E-state index >= 15 is 0 Å². The minimum Gasteiger partial charge on any atom is -0.384 e. The molecule has 0 saturated carbocycles. The molecule has 0 aliphatic heterocycles. The van der Waals surface area contributed by atoms with Crippen LogP contribution in [0.5, 0.6) is 0 Å². The smallest absolute Gasteiger partial charge is 0.127 e. The van der Waals surface area contributed by atoms with Gasteiger partial charge in [0.2, 0.25) is 0 Å². The van der Waals surface area contributed by atoms with E-state index < -0.39 is 0 Å². The Morgan fingerprint density at radius 1 is 1.19 bits per heavy atom. The predicted molar refractivity (Wildman–Crippen MR) is 68.3 cm³/mol. The molecule has 82 valence electrons. The SMILES string of the molecule is CCSc1ccc(-c2cc(N)ncn2)cc1. The highest BCUT2D eigenvalue weighted by molar-refractivity contribution is 7.99. The minimum atomic E-state index is 0.497. The molecule has 16 heavy (non-hydrogen) atoms. The monoisotopic (exact) mass is 231 g/mol. The molecule has 0 aliphatic rings. The number of rotatable bonds is 3. The van der Waals surface area contributed by atoms with Crippen molar-refractivity contribution >= 4 is 17.6 Å². The predicted octanol–water partition coefficient (Wildman–Crippen LogP) is 2.84. The molecule has 1 heterocycles. The number of aromatic nitrogens is 2. The highest BCUT2D eigenvalue weighted by atomic mass is 32.2. The zero-order valence-electron chi connectivity index (χ0n) is 9.05. The van der Waals surface area contributed by atoms with Crippen LogP contribution in [-0.4, -0.2) is 15.7 Å². The van der Waals surface area contributed by atoms with Crippen molar-refractivity contribution in [2.75, 3.05) is 11.5 Å². The molecule has 0 atom stereocenters. The summed E-state index contributed by atoms with van der Waals surface area (Å²) in [5, 5.41) is 0. The van der Waals surface area contributed by atoms with Gasteiger partial charge in [-0.05, 0) is 17.9 Å². The average Bonchev–Trinajstić information content (AvgIpc) is 2.30. The summed E-state index contributed by atoms with van der Waals surface area (Å²) in [5.74, 6) is 1.58. The van der Waals surface area contributed by atoms with E-state index in [1.54, 1.807) is 6.07 Å². The summed E-state index contributed by atoms with van der Waals surface area (Å²) in [6.07, 6.45) is 1.49. The van der Waals surface area contributed by atoms with Crippen LogP contribution in [0.4, 0.5) is 5.82 Å². The second-order valence-corrected chi connectivity index (χ2v) is 4.62. The Labute approximate surface area is 99.1 Å². The standard InChI is InChI=1S/C12H13N3S/c1-2-16-10-5-3-9(4-6-10)11-7-12(13)15-8-14-11/h3-8H,2H2,1H3,(H2,13,14,15). The van der Waals surface area contributed by atoms with Crippen LogP contribution in [0.15, 0.2) is 41.6 Å². The molecule has 0 unspecified atom stereocenters. The molecular weight excluding hydrogens is 218 g/mol. The first-order chi connectivity index (χ1) is 7.79. The first-order valence-electron chi connectivity index (χ1n) is 5.10. The van der Waals surface area contributed by atoms with E-state index in [0.717, 1.165) is 17.0 Å². The zero-order valence-corrected chi connectivity index (χ0v) is 9.87. The first kappa shape index (κ1) is 11.0. The van der Waals surface area contributed by atoms with Crippen LogP contribution in [-0.2, 0) is 0 Å². The molecule has 3 nitrogen and oxygen atoms in total. The van der Waals surface area contributed by atoms with Crippen LogP contribution in [0.1, 0.15) is 6.92 Å². The molecule has 0 spiro atoms. The summed E-state index contributed by atoms with van der Waals surface area (Å²) in [6, 6.07) is 10.1. The highest BCUT2D eigenvalue weighted by Crippen LogP contribution is 2.23. The number of nitrogens with two attached hydrogens (primary N) is 1. The van der Waals surface area contributed by atoms with Crippen LogP contribution < -0.4 is 5.73 Å². The van der Waals surface area contributed by atoms with Crippen molar-refractivity contribution in [2.24, 2.45) is 0 Å². The van der Waals surface area contributed by atoms with Gasteiger partial charge < -0.3 is 5.73 Å². The Morgan fingerprint density at radius 3 is 2.56 bits per heavy atom. The van der Waals surface area contributed by atoms with Crippen molar-refractivity contribution in [1.29, 1.82) is 0 Å². The van der Waals surface area contributed by atoms with Gasteiger partial charge in [-0.3, -0.25) is 0 Å². The van der Waals surface area contributed by atoms with Crippen molar-refractivity contribution in [3.8, 4) is 11.3 Å². The number of thioether (sulfide) groups is 1. The lowest BCUT2D eigenvalue weighted by Crippen LogP contribution is -1.92. The van der Waals surface area contributed by atoms with E-state index in [-0.39, 0.29) is 0 Å².